The second kappa shape index (κ2) is 8.21. The number of hydrogen-bond donors (Lipinski definition) is 2. The van der Waals surface area contributed by atoms with Crippen LogP contribution in [0.3, 0.4) is 0 Å². The Morgan fingerprint density at radius 2 is 1.88 bits per heavy atom. The topological polar surface area (TPSA) is 87.7 Å². The fourth-order valence-electron chi connectivity index (χ4n) is 3.68. The van der Waals surface area contributed by atoms with Crippen molar-refractivity contribution in [2.45, 2.75) is 44.7 Å². The Morgan fingerprint density at radius 3 is 2.54 bits per heavy atom. The van der Waals surface area contributed by atoms with Crippen molar-refractivity contribution in [2.75, 3.05) is 19.0 Å². The highest BCUT2D eigenvalue weighted by Crippen LogP contribution is 2.29. The third-order valence-electron chi connectivity index (χ3n) is 5.15. The zero-order valence-corrected chi connectivity index (χ0v) is 15.0. The van der Waals surface area contributed by atoms with E-state index in [0.29, 0.717) is 31.2 Å². The normalized spacial score (nSPS) is 20.3. The van der Waals surface area contributed by atoms with Gasteiger partial charge in [0, 0.05) is 31.2 Å². The van der Waals surface area contributed by atoms with Gasteiger partial charge in [-0.1, -0.05) is 25.0 Å². The minimum Gasteiger partial charge on any atom is -0.453 e. The van der Waals surface area contributed by atoms with E-state index in [4.69, 9.17) is 0 Å². The highest BCUT2D eigenvalue weighted by Gasteiger charge is 2.38. The Morgan fingerprint density at radius 1 is 1.19 bits per heavy atom. The summed E-state index contributed by atoms with van der Waals surface area (Å²) < 4.78 is 4.54. The number of nitrogens with one attached hydrogen (secondary N) is 2. The quantitative estimate of drug-likeness (QED) is 0.844. The number of nitrogens with zero attached hydrogens (tertiary/aromatic N) is 1. The van der Waals surface area contributed by atoms with Crippen molar-refractivity contribution in [1.29, 1.82) is 0 Å². The smallest absolute Gasteiger partial charge is 0.411 e. The van der Waals surface area contributed by atoms with Crippen LogP contribution in [0, 0.1) is 5.92 Å². The van der Waals surface area contributed by atoms with Crippen molar-refractivity contribution in [3.8, 4) is 0 Å². The van der Waals surface area contributed by atoms with Crippen LogP contribution in [0.4, 0.5) is 10.5 Å². The summed E-state index contributed by atoms with van der Waals surface area (Å²) in [5, 5.41) is 5.49. The van der Waals surface area contributed by atoms with Gasteiger partial charge in [0.2, 0.25) is 11.8 Å². The molecule has 0 spiro atoms. The minimum absolute atomic E-state index is 0.0735. The average Bonchev–Trinajstić information content (AvgIpc) is 3.30. The second-order valence-electron chi connectivity index (χ2n) is 6.92. The summed E-state index contributed by atoms with van der Waals surface area (Å²) in [7, 11) is 1.31. The number of ether oxygens (including phenoxy) is 1. The summed E-state index contributed by atoms with van der Waals surface area (Å²) in [6.07, 6.45) is 4.25. The van der Waals surface area contributed by atoms with Crippen molar-refractivity contribution >= 4 is 23.6 Å². The lowest BCUT2D eigenvalue weighted by Gasteiger charge is -2.23. The van der Waals surface area contributed by atoms with Crippen LogP contribution >= 0.6 is 0 Å². The summed E-state index contributed by atoms with van der Waals surface area (Å²) in [6, 6.07) is 7.49. The predicted octanol–water partition coefficient (Wildman–Crippen LogP) is 2.27. The lowest BCUT2D eigenvalue weighted by atomic mass is 10.1. The molecule has 2 aliphatic rings. The fraction of sp³-hybridized carbons (Fsp3) is 0.526. The molecule has 1 aliphatic heterocycles. The van der Waals surface area contributed by atoms with Crippen LogP contribution in [0.2, 0.25) is 0 Å². The number of likely N-dealkylation sites (tertiary alicyclic amines) is 1. The second-order valence-corrected chi connectivity index (χ2v) is 6.92. The van der Waals surface area contributed by atoms with Gasteiger partial charge in [0.15, 0.2) is 0 Å². The molecule has 1 saturated carbocycles. The van der Waals surface area contributed by atoms with Gasteiger partial charge >= 0.3 is 6.09 Å². The van der Waals surface area contributed by atoms with Crippen molar-refractivity contribution in [2.24, 2.45) is 5.92 Å². The van der Waals surface area contributed by atoms with Crippen molar-refractivity contribution in [3.05, 3.63) is 29.8 Å². The molecule has 1 aromatic rings. The van der Waals surface area contributed by atoms with E-state index in [1.165, 1.54) is 20.0 Å². The standard InChI is InChI=1S/C19H25N3O4/c1-26-19(25)21-15-8-6-13(7-9-15)11-20-18(24)14-10-17(23)22(12-14)16-4-2-3-5-16/h6-9,14,16H,2-5,10-12H2,1H3,(H,20,24)(H,21,25). The molecule has 7 nitrogen and oxygen atoms in total. The molecule has 1 atom stereocenters. The van der Waals surface area contributed by atoms with E-state index in [-0.39, 0.29) is 17.7 Å². The lowest BCUT2D eigenvalue weighted by Crippen LogP contribution is -2.36. The van der Waals surface area contributed by atoms with Crippen LogP contribution in [0.5, 0.6) is 0 Å². The molecule has 1 saturated heterocycles. The van der Waals surface area contributed by atoms with E-state index in [9.17, 15) is 14.4 Å². The minimum atomic E-state index is -0.524. The highest BCUT2D eigenvalue weighted by molar-refractivity contribution is 5.89. The molecule has 1 heterocycles. The van der Waals surface area contributed by atoms with Crippen LogP contribution in [0.25, 0.3) is 0 Å². The molecule has 1 aromatic carbocycles. The molecule has 1 aliphatic carbocycles. The van der Waals surface area contributed by atoms with Crippen molar-refractivity contribution in [1.82, 2.24) is 10.2 Å². The molecule has 3 amide bonds. The fourth-order valence-corrected chi connectivity index (χ4v) is 3.68. The Kier molecular flexibility index (Phi) is 5.75. The van der Waals surface area contributed by atoms with Crippen LogP contribution < -0.4 is 10.6 Å². The van der Waals surface area contributed by atoms with Gasteiger partial charge in [-0.05, 0) is 30.5 Å². The molecule has 26 heavy (non-hydrogen) atoms. The average molecular weight is 359 g/mol. The third-order valence-corrected chi connectivity index (χ3v) is 5.15. The number of hydrogen-bond acceptors (Lipinski definition) is 4. The van der Waals surface area contributed by atoms with Gasteiger partial charge in [0.1, 0.15) is 0 Å². The Labute approximate surface area is 153 Å². The van der Waals surface area contributed by atoms with Crippen molar-refractivity contribution in [3.63, 3.8) is 0 Å². The molecule has 3 rings (SSSR count). The van der Waals surface area contributed by atoms with E-state index in [1.807, 2.05) is 17.0 Å². The summed E-state index contributed by atoms with van der Waals surface area (Å²) in [4.78, 5) is 37.7. The maximum atomic E-state index is 12.4. The zero-order valence-electron chi connectivity index (χ0n) is 15.0. The molecule has 2 fully saturated rings. The first-order valence-electron chi connectivity index (χ1n) is 9.08. The van der Waals surface area contributed by atoms with Gasteiger partial charge in [-0.2, -0.15) is 0 Å². The van der Waals surface area contributed by atoms with Gasteiger partial charge < -0.3 is 15.0 Å². The SMILES string of the molecule is COC(=O)Nc1ccc(CNC(=O)C2CC(=O)N(C3CCCC3)C2)cc1. The molecule has 0 bridgehead atoms. The molecule has 2 N–H and O–H groups in total. The Hall–Kier alpha value is -2.57. The first-order chi connectivity index (χ1) is 12.6. The number of carbonyl (C=O) groups is 3. The molecule has 0 radical (unpaired) electrons. The molecule has 1 unspecified atom stereocenters. The molecular weight excluding hydrogens is 334 g/mol. The summed E-state index contributed by atoms with van der Waals surface area (Å²) >= 11 is 0. The molecular formula is C19H25N3O4. The number of methoxy groups -OCH3 is 1. The van der Waals surface area contributed by atoms with Crippen LogP contribution in [-0.2, 0) is 20.9 Å². The van der Waals surface area contributed by atoms with Crippen molar-refractivity contribution < 1.29 is 19.1 Å². The van der Waals surface area contributed by atoms with E-state index < -0.39 is 6.09 Å². The summed E-state index contributed by atoms with van der Waals surface area (Å²) in [5.74, 6) is -0.228. The van der Waals surface area contributed by atoms with Crippen LogP contribution in [0.15, 0.2) is 24.3 Å². The number of amides is 3. The highest BCUT2D eigenvalue weighted by atomic mass is 16.5. The first-order valence-corrected chi connectivity index (χ1v) is 9.08. The molecule has 0 aromatic heterocycles. The lowest BCUT2D eigenvalue weighted by molar-refractivity contribution is -0.130. The van der Waals surface area contributed by atoms with E-state index in [2.05, 4.69) is 15.4 Å². The van der Waals surface area contributed by atoms with Gasteiger partial charge in [0.05, 0.1) is 13.0 Å². The monoisotopic (exact) mass is 359 g/mol. The van der Waals surface area contributed by atoms with E-state index >= 15 is 0 Å². The maximum Gasteiger partial charge on any atom is 0.411 e. The van der Waals surface area contributed by atoms with Gasteiger partial charge in [-0.25, -0.2) is 4.79 Å². The first kappa shape index (κ1) is 18.2. The molecule has 7 heteroatoms. The van der Waals surface area contributed by atoms with Gasteiger partial charge in [-0.3, -0.25) is 14.9 Å². The Balaban J connectivity index is 1.48. The maximum absolute atomic E-state index is 12.4. The van der Waals surface area contributed by atoms with Crippen LogP contribution in [-0.4, -0.2) is 42.5 Å². The van der Waals surface area contributed by atoms with Gasteiger partial charge in [-0.15, -0.1) is 0 Å². The predicted molar refractivity (Wildman–Crippen MR) is 96.4 cm³/mol. The third kappa shape index (κ3) is 4.33. The Bertz CT molecular complexity index is 668. The summed E-state index contributed by atoms with van der Waals surface area (Å²) in [6.45, 7) is 0.933. The number of carbonyl (C=O) groups excluding carboxylic acids is 3. The zero-order chi connectivity index (χ0) is 18.5. The number of rotatable bonds is 5. The van der Waals surface area contributed by atoms with Gasteiger partial charge in [0.25, 0.3) is 0 Å². The van der Waals surface area contributed by atoms with E-state index in [1.54, 1.807) is 12.1 Å². The number of anilines is 1. The molecule has 140 valence electrons. The van der Waals surface area contributed by atoms with E-state index in [0.717, 1.165) is 18.4 Å². The number of benzene rings is 1. The largest absolute Gasteiger partial charge is 0.453 e. The summed E-state index contributed by atoms with van der Waals surface area (Å²) in [5.41, 5.74) is 1.55. The van der Waals surface area contributed by atoms with Crippen LogP contribution in [0.1, 0.15) is 37.7 Å².